The van der Waals surface area contributed by atoms with E-state index >= 15 is 0 Å². The molecule has 6 nitrogen and oxygen atoms in total. The number of imidazole rings is 1. The van der Waals surface area contributed by atoms with E-state index in [1.165, 1.54) is 12.1 Å². The van der Waals surface area contributed by atoms with E-state index in [1.54, 1.807) is 6.07 Å². The lowest BCUT2D eigenvalue weighted by molar-refractivity contribution is 0.471. The maximum atomic E-state index is 12.5. The Labute approximate surface area is 122 Å². The third-order valence-corrected chi connectivity index (χ3v) is 5.81. The molecule has 2 saturated carbocycles. The van der Waals surface area contributed by atoms with Crippen molar-refractivity contribution in [3.63, 3.8) is 0 Å². The van der Waals surface area contributed by atoms with Gasteiger partial charge in [-0.3, -0.25) is 0 Å². The van der Waals surface area contributed by atoms with Crippen molar-refractivity contribution >= 4 is 21.1 Å². The first-order chi connectivity index (χ1) is 10.0. The number of fused-ring (bicyclic) bond motifs is 1. The van der Waals surface area contributed by atoms with Gasteiger partial charge in [-0.25, -0.2) is 17.9 Å². The summed E-state index contributed by atoms with van der Waals surface area (Å²) in [5.74, 6) is 1.01. The molecule has 1 aromatic heterocycles. The van der Waals surface area contributed by atoms with Crippen LogP contribution in [0.3, 0.4) is 0 Å². The van der Waals surface area contributed by atoms with Gasteiger partial charge in [-0.15, -0.1) is 0 Å². The van der Waals surface area contributed by atoms with Crippen LogP contribution in [0, 0.1) is 11.8 Å². The summed E-state index contributed by atoms with van der Waals surface area (Å²) in [6, 6.07) is 4.74. The molecule has 1 heterocycles. The summed E-state index contributed by atoms with van der Waals surface area (Å²) in [4.78, 5) is 16.7. The Morgan fingerprint density at radius 3 is 2.29 bits per heavy atom. The molecule has 2 aliphatic carbocycles. The van der Waals surface area contributed by atoms with Gasteiger partial charge in [0.15, 0.2) is 0 Å². The second kappa shape index (κ2) is 4.45. The van der Waals surface area contributed by atoms with Crippen LogP contribution < -0.4 is 10.4 Å². The van der Waals surface area contributed by atoms with Crippen molar-refractivity contribution in [1.82, 2.24) is 14.7 Å². The maximum Gasteiger partial charge on any atom is 0.323 e. The summed E-state index contributed by atoms with van der Waals surface area (Å²) in [7, 11) is -3.54. The first kappa shape index (κ1) is 13.1. The van der Waals surface area contributed by atoms with Gasteiger partial charge in [-0.2, -0.15) is 0 Å². The number of rotatable bonds is 5. The topological polar surface area (TPSA) is 94.8 Å². The molecule has 0 amide bonds. The zero-order valence-electron chi connectivity index (χ0n) is 11.4. The molecule has 4 rings (SSSR count). The number of aromatic nitrogens is 2. The number of H-pyrrole nitrogens is 2. The predicted octanol–water partition coefficient (Wildman–Crippen LogP) is 1.32. The molecular formula is C14H17N3O3S. The molecular weight excluding hydrogens is 290 g/mol. The summed E-state index contributed by atoms with van der Waals surface area (Å²) in [6.45, 7) is 0. The van der Waals surface area contributed by atoms with Crippen LogP contribution in [0.1, 0.15) is 25.7 Å². The van der Waals surface area contributed by atoms with Crippen molar-refractivity contribution < 1.29 is 8.42 Å². The lowest BCUT2D eigenvalue weighted by Gasteiger charge is -2.17. The molecule has 0 bridgehead atoms. The van der Waals surface area contributed by atoms with Gasteiger partial charge in [0.05, 0.1) is 15.9 Å². The SMILES string of the molecule is O=c1[nH]c2ccc(S(=O)(=O)NC(C3CC3)C3CC3)cc2[nH]1. The lowest BCUT2D eigenvalue weighted by atomic mass is 10.1. The van der Waals surface area contributed by atoms with Gasteiger partial charge in [0.2, 0.25) is 10.0 Å². The highest BCUT2D eigenvalue weighted by atomic mass is 32.2. The molecule has 112 valence electrons. The Morgan fingerprint density at radius 2 is 1.67 bits per heavy atom. The van der Waals surface area contributed by atoms with Crippen molar-refractivity contribution in [3.8, 4) is 0 Å². The highest BCUT2D eigenvalue weighted by Crippen LogP contribution is 2.45. The van der Waals surface area contributed by atoms with Crippen LogP contribution in [0.15, 0.2) is 27.9 Å². The van der Waals surface area contributed by atoms with Crippen molar-refractivity contribution in [2.24, 2.45) is 11.8 Å². The maximum absolute atomic E-state index is 12.5. The smallest absolute Gasteiger partial charge is 0.306 e. The Bertz CT molecular complexity index is 832. The number of sulfonamides is 1. The quantitative estimate of drug-likeness (QED) is 0.777. The summed E-state index contributed by atoms with van der Waals surface area (Å²) in [5.41, 5.74) is 0.790. The molecule has 2 aliphatic rings. The lowest BCUT2D eigenvalue weighted by Crippen LogP contribution is -2.38. The van der Waals surface area contributed by atoms with Crippen molar-refractivity contribution in [2.75, 3.05) is 0 Å². The molecule has 0 unspecified atom stereocenters. The number of hydrogen-bond donors (Lipinski definition) is 3. The Kier molecular flexibility index (Phi) is 2.77. The predicted molar refractivity (Wildman–Crippen MR) is 78.5 cm³/mol. The van der Waals surface area contributed by atoms with Crippen LogP contribution in [-0.2, 0) is 10.0 Å². The third-order valence-electron chi connectivity index (χ3n) is 4.35. The minimum Gasteiger partial charge on any atom is -0.306 e. The van der Waals surface area contributed by atoms with E-state index in [9.17, 15) is 13.2 Å². The van der Waals surface area contributed by atoms with Gasteiger partial charge < -0.3 is 9.97 Å². The number of aromatic amines is 2. The average molecular weight is 307 g/mol. The van der Waals surface area contributed by atoms with E-state index < -0.39 is 10.0 Å². The molecule has 2 aromatic rings. The van der Waals surface area contributed by atoms with E-state index in [1.807, 2.05) is 0 Å². The fraction of sp³-hybridized carbons (Fsp3) is 0.500. The Morgan fingerprint density at radius 1 is 1.05 bits per heavy atom. The van der Waals surface area contributed by atoms with Crippen molar-refractivity contribution in [3.05, 3.63) is 28.7 Å². The number of benzene rings is 1. The van der Waals surface area contributed by atoms with Gasteiger partial charge in [-0.1, -0.05) is 0 Å². The normalized spacial score (nSPS) is 19.5. The molecule has 7 heteroatoms. The van der Waals surface area contributed by atoms with Crippen LogP contribution in [-0.4, -0.2) is 24.4 Å². The zero-order chi connectivity index (χ0) is 14.6. The van der Waals surface area contributed by atoms with E-state index in [2.05, 4.69) is 14.7 Å². The highest BCUT2D eigenvalue weighted by molar-refractivity contribution is 7.89. The van der Waals surface area contributed by atoms with E-state index in [0.717, 1.165) is 25.7 Å². The zero-order valence-corrected chi connectivity index (χ0v) is 12.2. The molecule has 2 fully saturated rings. The molecule has 0 saturated heterocycles. The van der Waals surface area contributed by atoms with Crippen molar-refractivity contribution in [1.29, 1.82) is 0 Å². The van der Waals surface area contributed by atoms with E-state index in [4.69, 9.17) is 0 Å². The summed E-state index contributed by atoms with van der Waals surface area (Å²) in [5, 5.41) is 0. The first-order valence-electron chi connectivity index (χ1n) is 7.27. The van der Waals surface area contributed by atoms with Crippen LogP contribution in [0.4, 0.5) is 0 Å². The average Bonchev–Trinajstić information content (AvgIpc) is 3.32. The van der Waals surface area contributed by atoms with Gasteiger partial charge >= 0.3 is 5.69 Å². The van der Waals surface area contributed by atoms with Gasteiger partial charge in [0, 0.05) is 6.04 Å². The standard InChI is InChI=1S/C14H17N3O3S/c18-14-15-11-6-5-10(7-12(11)16-14)21(19,20)17-13(8-1-2-8)9-3-4-9/h5-9,13,17H,1-4H2,(H2,15,16,18). The van der Waals surface area contributed by atoms with Crippen LogP contribution >= 0.6 is 0 Å². The second-order valence-electron chi connectivity index (χ2n) is 6.11. The summed E-state index contributed by atoms with van der Waals surface area (Å²) >= 11 is 0. The van der Waals surface area contributed by atoms with Gasteiger partial charge in [0.25, 0.3) is 0 Å². The molecule has 0 spiro atoms. The van der Waals surface area contributed by atoms with E-state index in [0.29, 0.717) is 22.9 Å². The summed E-state index contributed by atoms with van der Waals surface area (Å²) in [6.07, 6.45) is 4.48. The first-order valence-corrected chi connectivity index (χ1v) is 8.76. The van der Waals surface area contributed by atoms with Crippen LogP contribution in [0.5, 0.6) is 0 Å². The molecule has 0 aliphatic heterocycles. The van der Waals surface area contributed by atoms with Gasteiger partial charge in [-0.05, 0) is 55.7 Å². The highest BCUT2D eigenvalue weighted by Gasteiger charge is 2.43. The van der Waals surface area contributed by atoms with Crippen LogP contribution in [0.25, 0.3) is 11.0 Å². The Balaban J connectivity index is 1.66. The number of hydrogen-bond acceptors (Lipinski definition) is 3. The fourth-order valence-electron chi connectivity index (χ4n) is 2.91. The third kappa shape index (κ3) is 2.51. The minimum absolute atomic E-state index is 0.0796. The molecule has 21 heavy (non-hydrogen) atoms. The summed E-state index contributed by atoms with van der Waals surface area (Å²) < 4.78 is 28.0. The van der Waals surface area contributed by atoms with Crippen LogP contribution in [0.2, 0.25) is 0 Å². The second-order valence-corrected chi connectivity index (χ2v) is 7.82. The number of nitrogens with one attached hydrogen (secondary N) is 3. The molecule has 3 N–H and O–H groups in total. The van der Waals surface area contributed by atoms with E-state index in [-0.39, 0.29) is 16.6 Å². The minimum atomic E-state index is -3.54. The van der Waals surface area contributed by atoms with Gasteiger partial charge in [0.1, 0.15) is 0 Å². The Hall–Kier alpha value is -1.60. The largest absolute Gasteiger partial charge is 0.323 e. The monoisotopic (exact) mass is 307 g/mol. The molecule has 0 radical (unpaired) electrons. The fourth-order valence-corrected chi connectivity index (χ4v) is 4.31. The molecule has 0 atom stereocenters. The van der Waals surface area contributed by atoms with Crippen molar-refractivity contribution in [2.45, 2.75) is 36.6 Å². The molecule has 1 aromatic carbocycles.